The Kier molecular flexibility index (Phi) is 16.5. The summed E-state index contributed by atoms with van der Waals surface area (Å²) in [6.07, 6.45) is -14.6. The van der Waals surface area contributed by atoms with Crippen molar-refractivity contribution < 1.29 is 165 Å². The van der Waals surface area contributed by atoms with Crippen LogP contribution in [0.5, 0.6) is 155 Å². The summed E-state index contributed by atoms with van der Waals surface area (Å²) in [5.74, 6) is -28.9. The Morgan fingerprint density at radius 2 is 0.564 bits per heavy atom. The lowest BCUT2D eigenvalue weighted by atomic mass is 9.85. The third kappa shape index (κ3) is 11.9. The van der Waals surface area contributed by atoms with Crippen molar-refractivity contribution in [1.82, 2.24) is 0 Å². The van der Waals surface area contributed by atoms with E-state index in [4.69, 9.17) is 28.4 Å². The number of hydrogen-bond acceptors (Lipinski definition) is 33. The summed E-state index contributed by atoms with van der Waals surface area (Å²) in [5.41, 5.74) is -5.97. The Hall–Kier alpha value is -14.0. The minimum atomic E-state index is -1.86. The maximum atomic E-state index is 14.1. The number of ether oxygens (including phenoxy) is 6. The lowest BCUT2D eigenvalue weighted by molar-refractivity contribution is -0.0195. The van der Waals surface area contributed by atoms with Gasteiger partial charge in [-0.3, -0.25) is 0 Å². The molecule has 9 aromatic rings. The molecular formula is C68H54O33. The molecule has 101 heavy (non-hydrogen) atoms. The minimum Gasteiger partial charge on any atom is -0.507 e. The molecular weight excluding hydrogens is 1340 g/mol. The van der Waals surface area contributed by atoms with Crippen LogP contribution in [0.3, 0.4) is 0 Å². The second-order valence-corrected chi connectivity index (χ2v) is 23.6. The van der Waals surface area contributed by atoms with E-state index in [0.717, 1.165) is 48.5 Å². The zero-order valence-corrected chi connectivity index (χ0v) is 51.0. The lowest BCUT2D eigenvalue weighted by Crippen LogP contribution is -2.35. The van der Waals surface area contributed by atoms with Crippen molar-refractivity contribution in [2.45, 2.75) is 68.7 Å². The molecule has 0 saturated carbocycles. The second kappa shape index (κ2) is 24.9. The second-order valence-electron chi connectivity index (χ2n) is 23.6. The van der Waals surface area contributed by atoms with Crippen LogP contribution in [-0.2, 0) is 46.3 Å². The number of aromatic hydroxyl groups is 24. The third-order valence-corrected chi connectivity index (χ3v) is 17.2. The predicted molar refractivity (Wildman–Crippen MR) is 332 cm³/mol. The van der Waals surface area contributed by atoms with E-state index in [1.54, 1.807) is 0 Å². The van der Waals surface area contributed by atoms with Crippen LogP contribution in [0.15, 0.2) is 84.9 Å². The zero-order valence-electron chi connectivity index (χ0n) is 51.0. The van der Waals surface area contributed by atoms with Gasteiger partial charge in [0, 0.05) is 99.9 Å². The fourth-order valence-electron chi connectivity index (χ4n) is 12.2. The maximum Gasteiger partial charge on any atom is 0.338 e. The minimum absolute atomic E-state index is 0.211. The highest BCUT2D eigenvalue weighted by molar-refractivity contribution is 5.93. The molecule has 3 aliphatic rings. The highest BCUT2D eigenvalue weighted by Crippen LogP contribution is 2.57. The summed E-state index contributed by atoms with van der Waals surface area (Å²) in [6.45, 7) is 0. The molecule has 9 aromatic carbocycles. The van der Waals surface area contributed by atoms with Gasteiger partial charge in [0.1, 0.15) is 70.1 Å². The average molecular weight is 1400 g/mol. The molecule has 0 aliphatic carbocycles. The van der Waals surface area contributed by atoms with Crippen LogP contribution in [0, 0.1) is 0 Å². The molecule has 0 bridgehead atoms. The molecule has 0 fully saturated rings. The Morgan fingerprint density at radius 1 is 0.277 bits per heavy atom. The Morgan fingerprint density at radius 3 is 0.931 bits per heavy atom. The van der Waals surface area contributed by atoms with Gasteiger partial charge in [0.25, 0.3) is 0 Å². The molecule has 0 spiro atoms. The van der Waals surface area contributed by atoms with Gasteiger partial charge in [-0.15, -0.1) is 0 Å². The number of esters is 3. The van der Waals surface area contributed by atoms with Gasteiger partial charge in [-0.1, -0.05) is 0 Å². The van der Waals surface area contributed by atoms with E-state index in [0.29, 0.717) is 36.4 Å². The molecule has 24 N–H and O–H groups in total. The van der Waals surface area contributed by atoms with Crippen molar-refractivity contribution in [3.05, 3.63) is 157 Å². The zero-order chi connectivity index (χ0) is 73.0. The first-order valence-electron chi connectivity index (χ1n) is 29.5. The van der Waals surface area contributed by atoms with Crippen molar-refractivity contribution in [3.8, 4) is 155 Å². The van der Waals surface area contributed by atoms with Crippen molar-refractivity contribution >= 4 is 17.9 Å². The SMILES string of the molecule is O=C(O[C@@H]1Cc2c(cc(O)c(Cc3c(O)c(Cc4c(O)cc(O)c5c4O[C@@H](c4cc(O)c(O)c(O)c4)[C@H](OC(=O)c4cc(O)c(O)c(O)c4)C5)c(O)c4c3O[C@H](c3cc(O)c(O)c(O)c3)[C@H](OC(=O)c3cc(O)c(O)c(O)c3)C4)c2O)O[C@@H]1c1cc(O)c(O)c(O)c1)c1cc(O)c(O)c(O)c1. The van der Waals surface area contributed by atoms with Crippen molar-refractivity contribution in [2.24, 2.45) is 0 Å². The van der Waals surface area contributed by atoms with Crippen LogP contribution in [0.2, 0.25) is 0 Å². The smallest absolute Gasteiger partial charge is 0.338 e. The van der Waals surface area contributed by atoms with Gasteiger partial charge in [0.2, 0.25) is 0 Å². The van der Waals surface area contributed by atoms with E-state index in [1.807, 2.05) is 0 Å². The summed E-state index contributed by atoms with van der Waals surface area (Å²) in [5, 5.41) is 261. The van der Waals surface area contributed by atoms with Crippen LogP contribution >= 0.6 is 0 Å². The first-order valence-corrected chi connectivity index (χ1v) is 29.5. The van der Waals surface area contributed by atoms with Gasteiger partial charge in [0.15, 0.2) is 122 Å². The normalized spacial score (nSPS) is 17.4. The Bertz CT molecular complexity index is 4860. The van der Waals surface area contributed by atoms with E-state index < -0.39 is 286 Å². The number of carbonyl (C=O) groups is 3. The predicted octanol–water partition coefficient (Wildman–Crippen LogP) is 6.51. The van der Waals surface area contributed by atoms with Crippen molar-refractivity contribution in [2.75, 3.05) is 0 Å². The molecule has 0 saturated heterocycles. The van der Waals surface area contributed by atoms with Crippen molar-refractivity contribution in [1.29, 1.82) is 0 Å². The summed E-state index contributed by atoms with van der Waals surface area (Å²) in [7, 11) is 0. The van der Waals surface area contributed by atoms with E-state index >= 15 is 0 Å². The third-order valence-electron chi connectivity index (χ3n) is 17.2. The molecule has 33 heteroatoms. The molecule has 3 heterocycles. The quantitative estimate of drug-likeness (QED) is 0.0332. The molecule has 6 atom stereocenters. The summed E-state index contributed by atoms with van der Waals surface area (Å²) >= 11 is 0. The van der Waals surface area contributed by atoms with E-state index in [1.165, 1.54) is 0 Å². The van der Waals surface area contributed by atoms with Gasteiger partial charge in [0.05, 0.1) is 16.7 Å². The van der Waals surface area contributed by atoms with Crippen LogP contribution in [0.1, 0.15) is 105 Å². The number of carbonyl (C=O) groups excluding carboxylic acids is 3. The molecule has 3 aliphatic heterocycles. The van der Waals surface area contributed by atoms with Crippen LogP contribution in [0.4, 0.5) is 0 Å². The fraction of sp³-hybridized carbons (Fsp3) is 0.162. The number of rotatable bonds is 13. The van der Waals surface area contributed by atoms with Gasteiger partial charge >= 0.3 is 17.9 Å². The van der Waals surface area contributed by atoms with E-state index in [9.17, 15) is 137 Å². The molecule has 0 amide bonds. The van der Waals surface area contributed by atoms with E-state index in [-0.39, 0.29) is 27.8 Å². The van der Waals surface area contributed by atoms with Crippen LogP contribution < -0.4 is 14.2 Å². The van der Waals surface area contributed by atoms with Gasteiger partial charge in [-0.2, -0.15) is 0 Å². The number of benzene rings is 9. The van der Waals surface area contributed by atoms with E-state index in [2.05, 4.69) is 0 Å². The molecule has 12 rings (SSSR count). The van der Waals surface area contributed by atoms with Crippen LogP contribution in [-0.4, -0.2) is 159 Å². The molecule has 0 unspecified atom stereocenters. The average Bonchev–Trinajstić information content (AvgIpc) is 0.742. The van der Waals surface area contributed by atoms with Gasteiger partial charge in [-0.25, -0.2) is 14.4 Å². The summed E-state index contributed by atoms with van der Waals surface area (Å²) < 4.78 is 36.6. The first-order chi connectivity index (χ1) is 47.7. The fourth-order valence-corrected chi connectivity index (χ4v) is 12.2. The molecule has 33 nitrogen and oxygen atoms in total. The summed E-state index contributed by atoms with van der Waals surface area (Å²) in [4.78, 5) is 41.8. The number of hydrogen-bond donors (Lipinski definition) is 24. The Labute approximate surface area is 562 Å². The number of fused-ring (bicyclic) bond motifs is 3. The lowest BCUT2D eigenvalue weighted by Gasteiger charge is -2.37. The van der Waals surface area contributed by atoms with Gasteiger partial charge in [-0.05, 0) is 72.8 Å². The first kappa shape index (κ1) is 67.0. The largest absolute Gasteiger partial charge is 0.507 e. The standard InChI is InChI=1S/C68H54O33/c69-33-18-34(70)28-15-49(97-66(93)23-7-42(78)58(90)43(79)8-23)62(21-3-38(74)56(88)39(75)4-21)100-64(28)27(33)14-30-53(85)31(65-32(54(30)86)17-51(63(101-65)22-5-40(76)57(89)41(77)6-22)99-68(95)25-11-46(82)60(92)47(83)12-25)13-26-35(71)19-48-29(52(26)84)16-50(61(96-48)20-1-36(72)55(87)37(73)2-20)98-67(94)24-9-44(80)59(91)45(81)10-24/h1-12,18-19,49-51,61-63,69-92H,13-17H2/t49-,50-,51-,61-,62+,63-/m1/s1. The Balaban J connectivity index is 1.02. The monoisotopic (exact) mass is 1400 g/mol. The molecule has 0 aromatic heterocycles. The molecule has 0 radical (unpaired) electrons. The highest BCUT2D eigenvalue weighted by atomic mass is 16.6. The van der Waals surface area contributed by atoms with Crippen LogP contribution in [0.25, 0.3) is 0 Å². The maximum absolute atomic E-state index is 14.1. The number of phenols is 24. The van der Waals surface area contributed by atoms with Gasteiger partial charge < -0.3 is 151 Å². The number of phenolic OH excluding ortho intramolecular Hbond substituents is 24. The summed E-state index contributed by atoms with van der Waals surface area (Å²) in [6, 6.07) is 11.1. The molecule has 524 valence electrons. The van der Waals surface area contributed by atoms with Crippen molar-refractivity contribution in [3.63, 3.8) is 0 Å². The topological polar surface area (TPSA) is 592 Å². The highest BCUT2D eigenvalue weighted by Gasteiger charge is 2.45.